The molecule has 0 radical (unpaired) electrons. The molecule has 3 aromatic rings. The Kier molecular flexibility index (Phi) is 4.33. The van der Waals surface area contributed by atoms with E-state index in [1.54, 1.807) is 30.5 Å². The lowest BCUT2D eigenvalue weighted by Gasteiger charge is -2.09. The van der Waals surface area contributed by atoms with Crippen molar-refractivity contribution in [2.75, 3.05) is 12.4 Å². The fraction of sp³-hybridized carbons (Fsp3) is 0.158. The summed E-state index contributed by atoms with van der Waals surface area (Å²) in [5.74, 6) is -0.717. The minimum absolute atomic E-state index is 0.159. The highest BCUT2D eigenvalue weighted by Crippen LogP contribution is 2.23. The Bertz CT molecular complexity index is 911. The number of hydrogen-bond acceptors (Lipinski definition) is 4. The third kappa shape index (κ3) is 3.15. The minimum atomic E-state index is -0.490. The summed E-state index contributed by atoms with van der Waals surface area (Å²) < 4.78 is 10.2. The summed E-state index contributed by atoms with van der Waals surface area (Å²) in [4.78, 5) is 24.1. The maximum atomic E-state index is 12.4. The zero-order chi connectivity index (χ0) is 17.1. The molecule has 2 aromatic carbocycles. The number of rotatable bonds is 4. The molecule has 122 valence electrons. The van der Waals surface area contributed by atoms with Crippen molar-refractivity contribution in [3.63, 3.8) is 0 Å². The quantitative estimate of drug-likeness (QED) is 0.743. The van der Waals surface area contributed by atoms with Gasteiger partial charge in [-0.2, -0.15) is 0 Å². The topological polar surface area (TPSA) is 68.5 Å². The van der Waals surface area contributed by atoms with Crippen molar-refractivity contribution in [2.24, 2.45) is 0 Å². The lowest BCUT2D eigenvalue weighted by molar-refractivity contribution is -0.115. The van der Waals surface area contributed by atoms with E-state index in [9.17, 15) is 9.59 Å². The Morgan fingerprint density at radius 1 is 1.17 bits per heavy atom. The summed E-state index contributed by atoms with van der Waals surface area (Å²) >= 11 is 0. The second kappa shape index (κ2) is 6.58. The number of benzene rings is 2. The van der Waals surface area contributed by atoms with Crippen LogP contribution in [0.3, 0.4) is 0 Å². The number of aryl methyl sites for hydroxylation is 1. The van der Waals surface area contributed by atoms with Crippen LogP contribution < -0.4 is 5.32 Å². The number of methoxy groups -OCH3 is 1. The van der Waals surface area contributed by atoms with Crippen LogP contribution in [0.1, 0.15) is 21.5 Å². The first-order valence-corrected chi connectivity index (χ1v) is 7.52. The van der Waals surface area contributed by atoms with Gasteiger partial charge in [0.15, 0.2) is 0 Å². The molecule has 1 amide bonds. The van der Waals surface area contributed by atoms with Crippen LogP contribution in [0.2, 0.25) is 0 Å². The highest BCUT2D eigenvalue weighted by atomic mass is 16.5. The molecule has 1 heterocycles. The SMILES string of the molecule is COC(=O)c1ccccc1NC(=O)Cc1coc2ccc(C)cc12. The van der Waals surface area contributed by atoms with Crippen LogP contribution >= 0.6 is 0 Å². The molecule has 0 fully saturated rings. The van der Waals surface area contributed by atoms with Crippen molar-refractivity contribution >= 4 is 28.5 Å². The van der Waals surface area contributed by atoms with Crippen molar-refractivity contribution in [2.45, 2.75) is 13.3 Å². The first-order valence-electron chi connectivity index (χ1n) is 7.52. The molecule has 0 saturated heterocycles. The Balaban J connectivity index is 1.81. The molecule has 0 aliphatic heterocycles. The first kappa shape index (κ1) is 15.8. The molecular weight excluding hydrogens is 306 g/mol. The molecule has 1 N–H and O–H groups in total. The standard InChI is InChI=1S/C19H17NO4/c1-12-7-8-17-15(9-12)13(11-24-17)10-18(21)20-16-6-4-3-5-14(16)19(22)23-2/h3-9,11H,10H2,1-2H3,(H,20,21). The van der Waals surface area contributed by atoms with E-state index >= 15 is 0 Å². The predicted octanol–water partition coefficient (Wildman–Crippen LogP) is 3.71. The molecule has 0 spiro atoms. The van der Waals surface area contributed by atoms with Gasteiger partial charge < -0.3 is 14.5 Å². The number of fused-ring (bicyclic) bond motifs is 1. The molecule has 5 nitrogen and oxygen atoms in total. The summed E-state index contributed by atoms with van der Waals surface area (Å²) in [6.45, 7) is 1.99. The summed E-state index contributed by atoms with van der Waals surface area (Å²) in [5.41, 5.74) is 3.40. The summed E-state index contributed by atoms with van der Waals surface area (Å²) in [5, 5.41) is 3.68. The fourth-order valence-electron chi connectivity index (χ4n) is 2.58. The molecule has 0 aliphatic rings. The largest absolute Gasteiger partial charge is 0.465 e. The summed E-state index contributed by atoms with van der Waals surface area (Å²) in [6, 6.07) is 12.6. The normalized spacial score (nSPS) is 10.6. The third-order valence-electron chi connectivity index (χ3n) is 3.77. The van der Waals surface area contributed by atoms with Gasteiger partial charge >= 0.3 is 5.97 Å². The lowest BCUT2D eigenvalue weighted by Crippen LogP contribution is -2.17. The number of para-hydroxylation sites is 1. The van der Waals surface area contributed by atoms with Crippen LogP contribution in [0, 0.1) is 6.92 Å². The monoisotopic (exact) mass is 323 g/mol. The predicted molar refractivity (Wildman–Crippen MR) is 91.1 cm³/mol. The van der Waals surface area contributed by atoms with Crippen LogP contribution in [0.25, 0.3) is 11.0 Å². The van der Waals surface area contributed by atoms with Gasteiger partial charge in [-0.1, -0.05) is 23.8 Å². The molecular formula is C19H17NO4. The van der Waals surface area contributed by atoms with Crippen LogP contribution in [0.5, 0.6) is 0 Å². The molecule has 0 bridgehead atoms. The number of anilines is 1. The number of nitrogens with one attached hydrogen (secondary N) is 1. The smallest absolute Gasteiger partial charge is 0.339 e. The average Bonchev–Trinajstić information content (AvgIpc) is 2.96. The van der Waals surface area contributed by atoms with E-state index < -0.39 is 5.97 Å². The van der Waals surface area contributed by atoms with Gasteiger partial charge in [0.2, 0.25) is 5.91 Å². The maximum Gasteiger partial charge on any atom is 0.339 e. The molecule has 1 aromatic heterocycles. The summed E-state index contributed by atoms with van der Waals surface area (Å²) in [7, 11) is 1.31. The van der Waals surface area contributed by atoms with Crippen molar-refractivity contribution in [1.29, 1.82) is 0 Å². The number of hydrogen-bond donors (Lipinski definition) is 1. The lowest BCUT2D eigenvalue weighted by atomic mass is 10.1. The molecule has 0 unspecified atom stereocenters. The van der Waals surface area contributed by atoms with Crippen LogP contribution in [-0.2, 0) is 16.0 Å². The van der Waals surface area contributed by atoms with Gasteiger partial charge in [-0.15, -0.1) is 0 Å². The van der Waals surface area contributed by atoms with E-state index in [-0.39, 0.29) is 12.3 Å². The Hall–Kier alpha value is -3.08. The first-order chi connectivity index (χ1) is 11.6. The number of ether oxygens (including phenoxy) is 1. The molecule has 0 saturated carbocycles. The van der Waals surface area contributed by atoms with Crippen molar-refractivity contribution in [3.05, 3.63) is 65.4 Å². The molecule has 0 atom stereocenters. The maximum absolute atomic E-state index is 12.4. The van der Waals surface area contributed by atoms with E-state index in [2.05, 4.69) is 5.32 Å². The highest BCUT2D eigenvalue weighted by molar-refractivity contribution is 6.02. The van der Waals surface area contributed by atoms with Crippen molar-refractivity contribution in [3.8, 4) is 0 Å². The third-order valence-corrected chi connectivity index (χ3v) is 3.77. The Morgan fingerprint density at radius 2 is 1.96 bits per heavy atom. The van der Waals surface area contributed by atoms with E-state index in [0.29, 0.717) is 11.3 Å². The minimum Gasteiger partial charge on any atom is -0.465 e. The number of furan rings is 1. The van der Waals surface area contributed by atoms with Gasteiger partial charge in [0, 0.05) is 10.9 Å². The number of esters is 1. The van der Waals surface area contributed by atoms with E-state index in [0.717, 1.165) is 22.1 Å². The number of amides is 1. The summed E-state index contributed by atoms with van der Waals surface area (Å²) in [6.07, 6.45) is 1.75. The van der Waals surface area contributed by atoms with Gasteiger partial charge in [-0.25, -0.2) is 4.79 Å². The number of carbonyl (C=O) groups is 2. The van der Waals surface area contributed by atoms with Crippen LogP contribution in [-0.4, -0.2) is 19.0 Å². The Labute approximate surface area is 139 Å². The zero-order valence-corrected chi connectivity index (χ0v) is 13.5. The zero-order valence-electron chi connectivity index (χ0n) is 13.5. The van der Waals surface area contributed by atoms with Crippen molar-refractivity contribution in [1.82, 2.24) is 0 Å². The second-order valence-electron chi connectivity index (χ2n) is 5.52. The molecule has 24 heavy (non-hydrogen) atoms. The molecule has 0 aliphatic carbocycles. The van der Waals surface area contributed by atoms with Gasteiger partial charge in [-0.3, -0.25) is 4.79 Å². The molecule has 5 heteroatoms. The fourth-order valence-corrected chi connectivity index (χ4v) is 2.58. The highest BCUT2D eigenvalue weighted by Gasteiger charge is 2.15. The van der Waals surface area contributed by atoms with Gasteiger partial charge in [0.05, 0.1) is 31.0 Å². The average molecular weight is 323 g/mol. The second-order valence-corrected chi connectivity index (χ2v) is 5.52. The Morgan fingerprint density at radius 3 is 2.75 bits per heavy atom. The van der Waals surface area contributed by atoms with Crippen LogP contribution in [0.15, 0.2) is 53.1 Å². The van der Waals surface area contributed by atoms with Gasteiger partial charge in [0.25, 0.3) is 0 Å². The van der Waals surface area contributed by atoms with Gasteiger partial charge in [0.1, 0.15) is 5.58 Å². The van der Waals surface area contributed by atoms with Crippen LogP contribution in [0.4, 0.5) is 5.69 Å². The van der Waals surface area contributed by atoms with Crippen molar-refractivity contribution < 1.29 is 18.7 Å². The number of carbonyl (C=O) groups excluding carboxylic acids is 2. The van der Waals surface area contributed by atoms with Gasteiger partial charge in [-0.05, 0) is 31.2 Å². The van der Waals surface area contributed by atoms with E-state index in [1.165, 1.54) is 7.11 Å². The molecule has 3 rings (SSSR count). The van der Waals surface area contributed by atoms with E-state index in [4.69, 9.17) is 9.15 Å². The van der Waals surface area contributed by atoms with E-state index in [1.807, 2.05) is 25.1 Å².